The minimum Gasteiger partial charge on any atom is -0.383 e. The van der Waals surface area contributed by atoms with Gasteiger partial charge in [-0.1, -0.05) is 29.3 Å². The maximum absolute atomic E-state index is 10.5. The highest BCUT2D eigenvalue weighted by atomic mass is 35.5. The number of pyridine rings is 1. The first-order chi connectivity index (χ1) is 16.3. The van der Waals surface area contributed by atoms with Crippen LogP contribution in [0.5, 0.6) is 0 Å². The zero-order valence-corrected chi connectivity index (χ0v) is 20.7. The van der Waals surface area contributed by atoms with Gasteiger partial charge in [0.2, 0.25) is 0 Å². The molecule has 178 valence electrons. The lowest BCUT2D eigenvalue weighted by Crippen LogP contribution is -2.44. The Bertz CT molecular complexity index is 1140. The summed E-state index contributed by atoms with van der Waals surface area (Å²) in [4.78, 5) is 23.4. The van der Waals surface area contributed by atoms with Crippen molar-refractivity contribution in [2.45, 2.75) is 0 Å². The van der Waals surface area contributed by atoms with E-state index in [1.54, 1.807) is 37.4 Å². The number of aldehydes is 1. The van der Waals surface area contributed by atoms with Gasteiger partial charge in [0.25, 0.3) is 0 Å². The van der Waals surface area contributed by atoms with Gasteiger partial charge in [0.15, 0.2) is 0 Å². The van der Waals surface area contributed by atoms with E-state index in [-0.39, 0.29) is 5.82 Å². The van der Waals surface area contributed by atoms with Crippen molar-refractivity contribution in [3.8, 4) is 11.3 Å². The number of aliphatic imine (C=N–C) groups is 1. The topological polar surface area (TPSA) is 101 Å². The highest BCUT2D eigenvalue weighted by Crippen LogP contribution is 2.34. The van der Waals surface area contributed by atoms with Gasteiger partial charge >= 0.3 is 0 Å². The van der Waals surface area contributed by atoms with Crippen molar-refractivity contribution in [2.75, 3.05) is 50.9 Å². The first-order valence-electron chi connectivity index (χ1n) is 10.8. The van der Waals surface area contributed by atoms with E-state index < -0.39 is 0 Å². The molecule has 0 bridgehead atoms. The smallest absolute Gasteiger partial charge is 0.150 e. The lowest BCUT2D eigenvalue weighted by molar-refractivity contribution is 0.112. The van der Waals surface area contributed by atoms with E-state index in [4.69, 9.17) is 34.7 Å². The van der Waals surface area contributed by atoms with Crippen molar-refractivity contribution in [1.82, 2.24) is 9.88 Å². The van der Waals surface area contributed by atoms with Crippen LogP contribution in [0.4, 0.5) is 11.5 Å². The van der Waals surface area contributed by atoms with E-state index in [0.717, 1.165) is 38.0 Å². The molecule has 7 nitrogen and oxygen atoms in total. The first kappa shape index (κ1) is 25.5. The largest absolute Gasteiger partial charge is 0.383 e. The summed E-state index contributed by atoms with van der Waals surface area (Å²) in [6, 6.07) is 16.6. The Morgan fingerprint density at radius 2 is 1.62 bits per heavy atom. The molecule has 2 heterocycles. The van der Waals surface area contributed by atoms with Crippen molar-refractivity contribution in [2.24, 2.45) is 10.7 Å². The number of hydrogen-bond donors (Lipinski definition) is 2. The second-order valence-electron chi connectivity index (χ2n) is 7.83. The molecule has 0 aliphatic carbocycles. The van der Waals surface area contributed by atoms with Crippen molar-refractivity contribution in [1.29, 1.82) is 0 Å². The quantitative estimate of drug-likeness (QED) is 0.317. The van der Waals surface area contributed by atoms with Crippen molar-refractivity contribution in [3.63, 3.8) is 0 Å². The second-order valence-corrected chi connectivity index (χ2v) is 8.65. The normalized spacial score (nSPS) is 14.4. The van der Waals surface area contributed by atoms with Gasteiger partial charge in [-0.2, -0.15) is 0 Å². The molecule has 0 saturated carbocycles. The maximum atomic E-state index is 10.5. The summed E-state index contributed by atoms with van der Waals surface area (Å²) in [6.07, 6.45) is 0.883. The summed E-state index contributed by atoms with van der Waals surface area (Å²) in [5, 5.41) is 1.04. The van der Waals surface area contributed by atoms with Gasteiger partial charge in [-0.25, -0.2) is 4.98 Å². The molecule has 1 saturated heterocycles. The number of carbonyl (C=O) groups excluding carboxylic acids is 1. The zero-order valence-electron chi connectivity index (χ0n) is 19.2. The lowest BCUT2D eigenvalue weighted by atomic mass is 10.1. The summed E-state index contributed by atoms with van der Waals surface area (Å²) in [6.45, 7) is 4.35. The molecule has 34 heavy (non-hydrogen) atoms. The van der Waals surface area contributed by atoms with E-state index in [1.807, 2.05) is 24.3 Å². The fraction of sp³-hybridized carbons (Fsp3) is 0.240. The molecular formula is C25H28Cl2N6O. The molecule has 4 N–H and O–H groups in total. The van der Waals surface area contributed by atoms with Crippen molar-refractivity contribution in [3.05, 3.63) is 75.8 Å². The minimum atomic E-state index is 0.289. The summed E-state index contributed by atoms with van der Waals surface area (Å²) >= 11 is 12.3. The molecule has 0 radical (unpaired) electrons. The highest BCUT2D eigenvalue weighted by Gasteiger charge is 2.14. The van der Waals surface area contributed by atoms with E-state index in [0.29, 0.717) is 32.7 Å². The molecule has 9 heteroatoms. The Morgan fingerprint density at radius 3 is 2.15 bits per heavy atom. The first-order valence-corrected chi connectivity index (χ1v) is 11.5. The summed E-state index contributed by atoms with van der Waals surface area (Å²) < 4.78 is 0. The third-order valence-corrected chi connectivity index (χ3v) is 6.19. The molecule has 1 fully saturated rings. The van der Waals surface area contributed by atoms with Gasteiger partial charge in [0, 0.05) is 50.0 Å². The van der Waals surface area contributed by atoms with Crippen LogP contribution in [0, 0.1) is 0 Å². The van der Waals surface area contributed by atoms with Crippen LogP contribution in [0.3, 0.4) is 0 Å². The SMILES string of the molecule is CN1CCN(c2ccc(C=O)cc2)CC1.CN=C(N)c1ccc(-c2c(Cl)cccc2Cl)nc1N. The van der Waals surface area contributed by atoms with Crippen LogP contribution in [-0.2, 0) is 0 Å². The lowest BCUT2D eigenvalue weighted by Gasteiger charge is -2.34. The van der Waals surface area contributed by atoms with Gasteiger partial charge in [-0.3, -0.25) is 9.79 Å². The van der Waals surface area contributed by atoms with E-state index in [9.17, 15) is 4.79 Å². The number of nitrogen functional groups attached to an aromatic ring is 1. The fourth-order valence-electron chi connectivity index (χ4n) is 3.52. The van der Waals surface area contributed by atoms with E-state index >= 15 is 0 Å². The highest BCUT2D eigenvalue weighted by molar-refractivity contribution is 6.39. The predicted octanol–water partition coefficient (Wildman–Crippen LogP) is 4.22. The number of carbonyl (C=O) groups is 1. The second kappa shape index (κ2) is 11.8. The van der Waals surface area contributed by atoms with Crippen LogP contribution < -0.4 is 16.4 Å². The number of likely N-dealkylation sites (N-methyl/N-ethyl adjacent to an activating group) is 1. The van der Waals surface area contributed by atoms with Crippen LogP contribution in [0.15, 0.2) is 59.6 Å². The molecule has 1 aliphatic heterocycles. The third-order valence-electron chi connectivity index (χ3n) is 5.56. The molecule has 2 aromatic carbocycles. The Hall–Kier alpha value is -3.13. The summed E-state index contributed by atoms with van der Waals surface area (Å²) in [5.41, 5.74) is 15.4. The number of aromatic nitrogens is 1. The number of amidine groups is 1. The number of hydrogen-bond acceptors (Lipinski definition) is 6. The monoisotopic (exact) mass is 498 g/mol. The number of nitrogens with two attached hydrogens (primary N) is 2. The summed E-state index contributed by atoms with van der Waals surface area (Å²) in [5.74, 6) is 0.624. The van der Waals surface area contributed by atoms with Crippen LogP contribution >= 0.6 is 23.2 Å². The number of rotatable bonds is 4. The molecule has 0 atom stereocenters. The van der Waals surface area contributed by atoms with Crippen molar-refractivity contribution >= 4 is 46.8 Å². The summed E-state index contributed by atoms with van der Waals surface area (Å²) in [7, 11) is 3.74. The van der Waals surface area contributed by atoms with Gasteiger partial charge in [0.05, 0.1) is 21.3 Å². The number of nitrogens with zero attached hydrogens (tertiary/aromatic N) is 4. The number of anilines is 2. The van der Waals surface area contributed by atoms with Crippen LogP contribution in [0.25, 0.3) is 11.3 Å². The average Bonchev–Trinajstić information content (AvgIpc) is 2.84. The molecule has 1 aromatic heterocycles. The Morgan fingerprint density at radius 1 is 1.00 bits per heavy atom. The van der Waals surface area contributed by atoms with Crippen LogP contribution in [-0.4, -0.2) is 62.3 Å². The third kappa shape index (κ3) is 6.26. The molecular weight excluding hydrogens is 471 g/mol. The molecule has 3 aromatic rings. The molecule has 0 amide bonds. The zero-order chi connectivity index (χ0) is 24.7. The number of benzene rings is 2. The van der Waals surface area contributed by atoms with E-state index in [1.165, 1.54) is 5.69 Å². The minimum absolute atomic E-state index is 0.289. The molecule has 4 rings (SSSR count). The van der Waals surface area contributed by atoms with Gasteiger partial charge in [-0.05, 0) is 55.6 Å². The van der Waals surface area contributed by atoms with E-state index in [2.05, 4.69) is 26.8 Å². The van der Waals surface area contributed by atoms with Crippen molar-refractivity contribution < 1.29 is 4.79 Å². The molecule has 0 unspecified atom stereocenters. The average molecular weight is 499 g/mol. The van der Waals surface area contributed by atoms with Gasteiger partial charge in [0.1, 0.15) is 17.9 Å². The Labute approximate surface area is 210 Å². The number of piperazine rings is 1. The van der Waals surface area contributed by atoms with Crippen LogP contribution in [0.1, 0.15) is 15.9 Å². The maximum Gasteiger partial charge on any atom is 0.150 e. The standard InChI is InChI=1S/C13H12Cl2N4.C12H16N2O/c1-18-12(16)7-5-6-10(19-13(7)17)11-8(14)3-2-4-9(11)15;1-13-6-8-14(9-7-13)12-4-2-11(10-15)3-5-12/h2-6H,1H3,(H2,16,18)(H2,17,19);2-5,10H,6-9H2,1H3. The van der Waals surface area contributed by atoms with Gasteiger partial charge in [-0.15, -0.1) is 0 Å². The Kier molecular flexibility index (Phi) is 8.87. The van der Waals surface area contributed by atoms with Gasteiger partial charge < -0.3 is 21.3 Å². The molecule has 0 spiro atoms. The predicted molar refractivity (Wildman–Crippen MR) is 142 cm³/mol. The van der Waals surface area contributed by atoms with Crippen LogP contribution in [0.2, 0.25) is 10.0 Å². The fourth-order valence-corrected chi connectivity index (χ4v) is 4.11. The number of halogens is 2. The Balaban J connectivity index is 0.000000196. The molecule has 1 aliphatic rings.